The minimum Gasteiger partial charge on any atom is -0.369 e. The largest absolute Gasteiger partial charge is 0.369 e. The molecule has 0 spiro atoms. The maximum Gasteiger partial charge on any atom is 0.315 e. The summed E-state index contributed by atoms with van der Waals surface area (Å²) in [5.41, 5.74) is 7.69. The topological polar surface area (TPSA) is 84.2 Å². The van der Waals surface area contributed by atoms with E-state index in [9.17, 15) is 9.59 Å². The highest BCUT2D eigenvalue weighted by Gasteiger charge is 2.33. The third-order valence-electron chi connectivity index (χ3n) is 4.69. The second-order valence-electron chi connectivity index (χ2n) is 6.10. The molecule has 3 rings (SSSR count). The summed E-state index contributed by atoms with van der Waals surface area (Å²) in [7, 11) is 0. The molecule has 1 aromatic carbocycles. The maximum absolute atomic E-state index is 12.2. The van der Waals surface area contributed by atoms with Crippen LogP contribution >= 0.6 is 11.6 Å². The van der Waals surface area contributed by atoms with Crippen LogP contribution in [0.15, 0.2) is 18.2 Å². The number of benzene rings is 1. The van der Waals surface area contributed by atoms with Gasteiger partial charge in [-0.2, -0.15) is 0 Å². The Morgan fingerprint density at radius 3 is 2.77 bits per heavy atom. The molecule has 1 saturated carbocycles. The molecule has 0 aliphatic heterocycles. The number of primary amides is 1. The molecule has 0 bridgehead atoms. The lowest BCUT2D eigenvalue weighted by atomic mass is 10.0. The molecule has 0 radical (unpaired) electrons. The van der Waals surface area contributed by atoms with Gasteiger partial charge in [0.1, 0.15) is 0 Å². The lowest BCUT2D eigenvalue weighted by molar-refractivity contribution is -0.122. The minimum atomic E-state index is -0.330. The highest BCUT2D eigenvalue weighted by molar-refractivity contribution is 6.30. The molecule has 3 atom stereocenters. The Labute approximate surface area is 134 Å². The van der Waals surface area contributed by atoms with Gasteiger partial charge in [0.2, 0.25) is 5.91 Å². The molecular weight excluding hydrogens is 302 g/mol. The predicted octanol–water partition coefficient (Wildman–Crippen LogP) is 2.28. The van der Waals surface area contributed by atoms with Gasteiger partial charge in [0.05, 0.1) is 12.0 Å². The molecule has 22 heavy (non-hydrogen) atoms. The first-order chi connectivity index (χ1) is 10.5. The number of fused-ring (bicyclic) bond motifs is 1. The SMILES string of the molecule is NC(=O)C1CCCC1NC(=O)NC1CCc2cc(Cl)ccc21. The van der Waals surface area contributed by atoms with E-state index in [-0.39, 0.29) is 29.9 Å². The molecule has 3 unspecified atom stereocenters. The summed E-state index contributed by atoms with van der Waals surface area (Å²) in [6.07, 6.45) is 4.26. The van der Waals surface area contributed by atoms with Crippen LogP contribution in [-0.2, 0) is 11.2 Å². The van der Waals surface area contributed by atoms with Crippen molar-refractivity contribution in [2.45, 2.75) is 44.2 Å². The first kappa shape index (κ1) is 15.2. The van der Waals surface area contributed by atoms with Crippen molar-refractivity contribution in [2.75, 3.05) is 0 Å². The molecule has 3 amide bonds. The molecule has 2 aliphatic rings. The molecule has 1 aromatic rings. The number of urea groups is 1. The number of halogens is 1. The van der Waals surface area contributed by atoms with Gasteiger partial charge >= 0.3 is 6.03 Å². The summed E-state index contributed by atoms with van der Waals surface area (Å²) < 4.78 is 0. The van der Waals surface area contributed by atoms with Gasteiger partial charge in [-0.05, 0) is 48.9 Å². The molecule has 0 aromatic heterocycles. The van der Waals surface area contributed by atoms with Crippen LogP contribution in [0.1, 0.15) is 42.9 Å². The van der Waals surface area contributed by atoms with Gasteiger partial charge in [0, 0.05) is 11.1 Å². The van der Waals surface area contributed by atoms with Crippen molar-refractivity contribution in [1.29, 1.82) is 0 Å². The Morgan fingerprint density at radius 1 is 1.18 bits per heavy atom. The number of aryl methyl sites for hydroxylation is 1. The average Bonchev–Trinajstić information content (AvgIpc) is 3.06. The Bertz CT molecular complexity index is 605. The van der Waals surface area contributed by atoms with E-state index in [4.69, 9.17) is 17.3 Å². The van der Waals surface area contributed by atoms with Crippen molar-refractivity contribution >= 4 is 23.5 Å². The second kappa shape index (κ2) is 6.16. The normalized spacial score (nSPS) is 26.5. The molecule has 6 heteroatoms. The predicted molar refractivity (Wildman–Crippen MR) is 84.5 cm³/mol. The molecule has 2 aliphatic carbocycles. The number of amides is 3. The number of carbonyl (C=O) groups is 2. The van der Waals surface area contributed by atoms with E-state index in [1.54, 1.807) is 0 Å². The highest BCUT2D eigenvalue weighted by atomic mass is 35.5. The van der Waals surface area contributed by atoms with Crippen LogP contribution in [0.2, 0.25) is 5.02 Å². The fourth-order valence-electron chi connectivity index (χ4n) is 3.58. The third kappa shape index (κ3) is 3.04. The number of nitrogens with one attached hydrogen (secondary N) is 2. The van der Waals surface area contributed by atoms with E-state index in [1.165, 1.54) is 5.56 Å². The van der Waals surface area contributed by atoms with Crippen LogP contribution in [0.5, 0.6) is 0 Å². The fourth-order valence-corrected chi connectivity index (χ4v) is 3.77. The lowest BCUT2D eigenvalue weighted by Gasteiger charge is -2.21. The third-order valence-corrected chi connectivity index (χ3v) is 4.92. The van der Waals surface area contributed by atoms with Crippen molar-refractivity contribution in [3.05, 3.63) is 34.3 Å². The molecule has 118 valence electrons. The van der Waals surface area contributed by atoms with Crippen molar-refractivity contribution in [2.24, 2.45) is 11.7 Å². The van der Waals surface area contributed by atoms with Gasteiger partial charge in [-0.3, -0.25) is 4.79 Å². The summed E-state index contributed by atoms with van der Waals surface area (Å²) in [5.74, 6) is -0.580. The van der Waals surface area contributed by atoms with E-state index in [0.29, 0.717) is 0 Å². The smallest absolute Gasteiger partial charge is 0.315 e. The van der Waals surface area contributed by atoms with E-state index < -0.39 is 0 Å². The van der Waals surface area contributed by atoms with Gasteiger partial charge in [0.15, 0.2) is 0 Å². The zero-order chi connectivity index (χ0) is 15.7. The highest BCUT2D eigenvalue weighted by Crippen LogP contribution is 2.33. The van der Waals surface area contributed by atoms with E-state index in [0.717, 1.165) is 42.7 Å². The minimum absolute atomic E-state index is 0.000646. The number of rotatable bonds is 3. The molecule has 1 fully saturated rings. The molecular formula is C16H20ClN3O2. The fraction of sp³-hybridized carbons (Fsp3) is 0.500. The number of carbonyl (C=O) groups excluding carboxylic acids is 2. The first-order valence-electron chi connectivity index (χ1n) is 7.69. The maximum atomic E-state index is 12.2. The number of hydrogen-bond acceptors (Lipinski definition) is 2. The van der Waals surface area contributed by atoms with Crippen molar-refractivity contribution in [3.8, 4) is 0 Å². The average molecular weight is 322 g/mol. The standard InChI is InChI=1S/C16H20ClN3O2/c17-10-5-6-11-9(8-10)4-7-14(11)20-16(22)19-13-3-1-2-12(13)15(18)21/h5-6,8,12-14H,1-4,7H2,(H2,18,21)(H2,19,20,22). The van der Waals surface area contributed by atoms with Crippen molar-refractivity contribution in [1.82, 2.24) is 10.6 Å². The molecule has 0 heterocycles. The van der Waals surface area contributed by atoms with Crippen molar-refractivity contribution in [3.63, 3.8) is 0 Å². The number of hydrogen-bond donors (Lipinski definition) is 3. The van der Waals surface area contributed by atoms with Gasteiger partial charge in [-0.15, -0.1) is 0 Å². The van der Waals surface area contributed by atoms with Gasteiger partial charge in [-0.1, -0.05) is 24.1 Å². The molecule has 4 N–H and O–H groups in total. The quantitative estimate of drug-likeness (QED) is 0.798. The van der Waals surface area contributed by atoms with E-state index in [2.05, 4.69) is 10.6 Å². The Hall–Kier alpha value is -1.75. The van der Waals surface area contributed by atoms with Crippen LogP contribution in [0, 0.1) is 5.92 Å². The van der Waals surface area contributed by atoms with Crippen LogP contribution in [0.3, 0.4) is 0 Å². The summed E-state index contributed by atoms with van der Waals surface area (Å²) >= 11 is 5.99. The monoisotopic (exact) mass is 321 g/mol. The van der Waals surface area contributed by atoms with E-state index >= 15 is 0 Å². The zero-order valence-electron chi connectivity index (χ0n) is 12.3. The lowest BCUT2D eigenvalue weighted by Crippen LogP contribution is -2.47. The Balaban J connectivity index is 1.61. The van der Waals surface area contributed by atoms with Crippen LogP contribution in [0.4, 0.5) is 4.79 Å². The van der Waals surface area contributed by atoms with Gasteiger partial charge in [-0.25, -0.2) is 4.79 Å². The summed E-state index contributed by atoms with van der Waals surface area (Å²) in [6, 6.07) is 5.39. The van der Waals surface area contributed by atoms with Crippen LogP contribution in [-0.4, -0.2) is 18.0 Å². The van der Waals surface area contributed by atoms with Crippen LogP contribution in [0.25, 0.3) is 0 Å². The van der Waals surface area contributed by atoms with E-state index in [1.807, 2.05) is 18.2 Å². The number of nitrogens with two attached hydrogens (primary N) is 1. The summed E-state index contributed by atoms with van der Waals surface area (Å²) in [5, 5.41) is 6.62. The molecule has 5 nitrogen and oxygen atoms in total. The zero-order valence-corrected chi connectivity index (χ0v) is 13.0. The summed E-state index contributed by atoms with van der Waals surface area (Å²) in [6.45, 7) is 0. The Morgan fingerprint density at radius 2 is 2.00 bits per heavy atom. The van der Waals surface area contributed by atoms with Gasteiger partial charge < -0.3 is 16.4 Å². The summed E-state index contributed by atoms with van der Waals surface area (Å²) in [4.78, 5) is 23.6. The second-order valence-corrected chi connectivity index (χ2v) is 6.53. The van der Waals surface area contributed by atoms with Gasteiger partial charge in [0.25, 0.3) is 0 Å². The Kier molecular flexibility index (Phi) is 4.25. The van der Waals surface area contributed by atoms with Crippen molar-refractivity contribution < 1.29 is 9.59 Å². The molecule has 0 saturated heterocycles. The first-order valence-corrected chi connectivity index (χ1v) is 8.07. The van der Waals surface area contributed by atoms with Crippen LogP contribution < -0.4 is 16.4 Å².